The molecule has 0 bridgehead atoms. The Hall–Kier alpha value is -0.610. The van der Waals surface area contributed by atoms with Gasteiger partial charge in [0.1, 0.15) is 0 Å². The number of rotatable bonds is 7. The lowest BCUT2D eigenvalue weighted by molar-refractivity contribution is -0.167. The second-order valence-electron chi connectivity index (χ2n) is 5.39. The van der Waals surface area contributed by atoms with Crippen molar-refractivity contribution in [3.63, 3.8) is 0 Å². The van der Waals surface area contributed by atoms with E-state index in [1.807, 2.05) is 20.8 Å². The molecule has 0 saturated carbocycles. The van der Waals surface area contributed by atoms with Crippen molar-refractivity contribution in [3.05, 3.63) is 0 Å². The molecule has 0 aromatic heterocycles. The Labute approximate surface area is 110 Å². The molecule has 4 nitrogen and oxygen atoms in total. The molecular formula is C14H26O4. The van der Waals surface area contributed by atoms with Gasteiger partial charge in [-0.1, -0.05) is 6.92 Å². The quantitative estimate of drug-likeness (QED) is 0.520. The molecule has 0 aromatic carbocycles. The molecule has 1 heterocycles. The monoisotopic (exact) mass is 258 g/mol. The van der Waals surface area contributed by atoms with E-state index in [1.54, 1.807) is 0 Å². The Morgan fingerprint density at radius 2 is 2.11 bits per heavy atom. The van der Waals surface area contributed by atoms with E-state index in [2.05, 4.69) is 0 Å². The Morgan fingerprint density at radius 3 is 2.72 bits per heavy atom. The van der Waals surface area contributed by atoms with Crippen LogP contribution in [-0.4, -0.2) is 32.1 Å². The fourth-order valence-corrected chi connectivity index (χ4v) is 1.62. The van der Waals surface area contributed by atoms with Gasteiger partial charge in [-0.25, -0.2) is 0 Å². The first-order chi connectivity index (χ1) is 8.56. The van der Waals surface area contributed by atoms with Crippen LogP contribution in [0.25, 0.3) is 0 Å². The minimum absolute atomic E-state index is 0.0541. The molecule has 0 aliphatic carbocycles. The summed E-state index contributed by atoms with van der Waals surface area (Å²) < 4.78 is 16.2. The molecule has 1 saturated heterocycles. The zero-order valence-electron chi connectivity index (χ0n) is 11.9. The zero-order valence-corrected chi connectivity index (χ0v) is 11.9. The standard InChI is InChI=1S/C14H26O4/c1-4-14(2,3)13(15)18-11-7-10-17-12-8-5-6-9-16-12/h12H,4-11H2,1-3H3. The molecular weight excluding hydrogens is 232 g/mol. The normalized spacial score (nSPS) is 20.7. The van der Waals surface area contributed by atoms with Crippen LogP contribution in [0, 0.1) is 5.41 Å². The predicted molar refractivity (Wildman–Crippen MR) is 69.2 cm³/mol. The number of esters is 1. The maximum absolute atomic E-state index is 11.7. The largest absolute Gasteiger partial charge is 0.465 e. The summed E-state index contributed by atoms with van der Waals surface area (Å²) >= 11 is 0. The average molecular weight is 258 g/mol. The fraction of sp³-hybridized carbons (Fsp3) is 0.929. The third-order valence-electron chi connectivity index (χ3n) is 3.40. The van der Waals surface area contributed by atoms with Crippen LogP contribution in [0.3, 0.4) is 0 Å². The van der Waals surface area contributed by atoms with Crippen LogP contribution in [0.1, 0.15) is 52.9 Å². The SMILES string of the molecule is CCC(C)(C)C(=O)OCCCOC1CCCCO1. The van der Waals surface area contributed by atoms with Gasteiger partial charge in [0, 0.05) is 13.0 Å². The third kappa shape index (κ3) is 5.36. The highest BCUT2D eigenvalue weighted by molar-refractivity contribution is 5.75. The van der Waals surface area contributed by atoms with Crippen LogP contribution in [0.4, 0.5) is 0 Å². The van der Waals surface area contributed by atoms with E-state index >= 15 is 0 Å². The Bertz CT molecular complexity index is 244. The summed E-state index contributed by atoms with van der Waals surface area (Å²) in [5, 5.41) is 0. The topological polar surface area (TPSA) is 44.8 Å². The van der Waals surface area contributed by atoms with E-state index in [-0.39, 0.29) is 17.7 Å². The summed E-state index contributed by atoms with van der Waals surface area (Å²) in [4.78, 5) is 11.7. The molecule has 106 valence electrons. The van der Waals surface area contributed by atoms with Gasteiger partial charge in [0.05, 0.1) is 18.6 Å². The number of carbonyl (C=O) groups is 1. The van der Waals surface area contributed by atoms with Crippen molar-refractivity contribution in [2.24, 2.45) is 5.41 Å². The van der Waals surface area contributed by atoms with Crippen molar-refractivity contribution >= 4 is 5.97 Å². The molecule has 0 spiro atoms. The van der Waals surface area contributed by atoms with E-state index < -0.39 is 0 Å². The van der Waals surface area contributed by atoms with E-state index in [4.69, 9.17) is 14.2 Å². The van der Waals surface area contributed by atoms with Gasteiger partial charge in [0.2, 0.25) is 0 Å². The van der Waals surface area contributed by atoms with Gasteiger partial charge in [-0.15, -0.1) is 0 Å². The minimum Gasteiger partial charge on any atom is -0.465 e. The minimum atomic E-state index is -0.382. The summed E-state index contributed by atoms with van der Waals surface area (Å²) in [5.74, 6) is -0.126. The average Bonchev–Trinajstić information content (AvgIpc) is 2.39. The lowest BCUT2D eigenvalue weighted by Gasteiger charge is -2.23. The van der Waals surface area contributed by atoms with Gasteiger partial charge in [0.25, 0.3) is 0 Å². The molecule has 18 heavy (non-hydrogen) atoms. The van der Waals surface area contributed by atoms with Gasteiger partial charge >= 0.3 is 5.97 Å². The van der Waals surface area contributed by atoms with Gasteiger partial charge in [-0.3, -0.25) is 4.79 Å². The van der Waals surface area contributed by atoms with Crippen molar-refractivity contribution in [2.75, 3.05) is 19.8 Å². The lowest BCUT2D eigenvalue weighted by atomic mass is 9.91. The van der Waals surface area contributed by atoms with Crippen molar-refractivity contribution in [1.82, 2.24) is 0 Å². The highest BCUT2D eigenvalue weighted by Gasteiger charge is 2.26. The molecule has 1 aliphatic heterocycles. The summed E-state index contributed by atoms with van der Waals surface area (Å²) in [5.41, 5.74) is -0.382. The number of hydrogen-bond donors (Lipinski definition) is 0. The summed E-state index contributed by atoms with van der Waals surface area (Å²) in [6.07, 6.45) is 4.74. The summed E-state index contributed by atoms with van der Waals surface area (Å²) in [6, 6.07) is 0. The molecule has 1 rings (SSSR count). The first kappa shape index (κ1) is 15.4. The van der Waals surface area contributed by atoms with E-state index in [0.717, 1.165) is 32.3 Å². The number of ether oxygens (including phenoxy) is 3. The van der Waals surface area contributed by atoms with Gasteiger partial charge < -0.3 is 14.2 Å². The molecule has 1 unspecified atom stereocenters. The van der Waals surface area contributed by atoms with Crippen molar-refractivity contribution in [2.45, 2.75) is 59.2 Å². The smallest absolute Gasteiger partial charge is 0.311 e. The van der Waals surface area contributed by atoms with Crippen LogP contribution < -0.4 is 0 Å². The third-order valence-corrected chi connectivity index (χ3v) is 3.40. The Morgan fingerprint density at radius 1 is 1.33 bits per heavy atom. The van der Waals surface area contributed by atoms with E-state index in [1.165, 1.54) is 6.42 Å². The predicted octanol–water partition coefficient (Wildman–Crippen LogP) is 2.90. The Balaban J connectivity index is 2.03. The van der Waals surface area contributed by atoms with Gasteiger partial charge in [0.15, 0.2) is 6.29 Å². The van der Waals surface area contributed by atoms with Crippen LogP contribution in [0.15, 0.2) is 0 Å². The fourth-order valence-electron chi connectivity index (χ4n) is 1.62. The lowest BCUT2D eigenvalue weighted by Crippen LogP contribution is -2.27. The van der Waals surface area contributed by atoms with Crippen molar-refractivity contribution in [3.8, 4) is 0 Å². The summed E-state index contributed by atoms with van der Waals surface area (Å²) in [7, 11) is 0. The first-order valence-corrected chi connectivity index (χ1v) is 6.96. The molecule has 4 heteroatoms. The number of carbonyl (C=O) groups excluding carboxylic acids is 1. The molecule has 1 aliphatic rings. The van der Waals surface area contributed by atoms with Crippen LogP contribution in [0.5, 0.6) is 0 Å². The zero-order chi connectivity index (χ0) is 13.4. The Kier molecular flexibility index (Phi) is 6.65. The highest BCUT2D eigenvalue weighted by Crippen LogP contribution is 2.21. The van der Waals surface area contributed by atoms with E-state index in [9.17, 15) is 4.79 Å². The molecule has 0 N–H and O–H groups in total. The van der Waals surface area contributed by atoms with Crippen LogP contribution >= 0.6 is 0 Å². The molecule has 1 fully saturated rings. The van der Waals surface area contributed by atoms with Gasteiger partial charge in [-0.2, -0.15) is 0 Å². The summed E-state index contributed by atoms with van der Waals surface area (Å²) in [6.45, 7) is 7.61. The first-order valence-electron chi connectivity index (χ1n) is 6.96. The maximum atomic E-state index is 11.7. The molecule has 0 aromatic rings. The van der Waals surface area contributed by atoms with E-state index in [0.29, 0.717) is 13.2 Å². The second kappa shape index (κ2) is 7.74. The van der Waals surface area contributed by atoms with Crippen LogP contribution in [0.2, 0.25) is 0 Å². The number of hydrogen-bond acceptors (Lipinski definition) is 4. The highest BCUT2D eigenvalue weighted by atomic mass is 16.7. The second-order valence-corrected chi connectivity index (χ2v) is 5.39. The van der Waals surface area contributed by atoms with Crippen molar-refractivity contribution < 1.29 is 19.0 Å². The molecule has 0 radical (unpaired) electrons. The molecule has 1 atom stereocenters. The van der Waals surface area contributed by atoms with Crippen LogP contribution in [-0.2, 0) is 19.0 Å². The van der Waals surface area contributed by atoms with Crippen molar-refractivity contribution in [1.29, 1.82) is 0 Å². The molecule has 0 amide bonds. The maximum Gasteiger partial charge on any atom is 0.311 e. The van der Waals surface area contributed by atoms with Gasteiger partial charge in [-0.05, 0) is 39.5 Å².